The standard InChI is InChI=1S/C20H14ClN3O2/c21-14-7-9-19(26-15-4-2-1-3-5-15)18(11-14)24-20(25)13-6-8-16-17(10-13)23-12-22-16/h1-12H,(H,22,23)(H,24,25). The molecule has 0 saturated heterocycles. The zero-order valence-electron chi connectivity index (χ0n) is 13.6. The van der Waals surface area contributed by atoms with Gasteiger partial charge >= 0.3 is 0 Å². The Kier molecular flexibility index (Phi) is 4.29. The van der Waals surface area contributed by atoms with Crippen molar-refractivity contribution in [1.29, 1.82) is 0 Å². The Morgan fingerprint density at radius 3 is 2.73 bits per heavy atom. The highest BCUT2D eigenvalue weighted by Crippen LogP contribution is 2.32. The predicted molar refractivity (Wildman–Crippen MR) is 102 cm³/mol. The van der Waals surface area contributed by atoms with Crippen LogP contribution in [0, 0.1) is 0 Å². The summed E-state index contributed by atoms with van der Waals surface area (Å²) in [6, 6.07) is 19.7. The molecule has 4 rings (SSSR count). The normalized spacial score (nSPS) is 10.7. The Hall–Kier alpha value is -3.31. The van der Waals surface area contributed by atoms with Crippen molar-refractivity contribution in [2.24, 2.45) is 0 Å². The zero-order valence-corrected chi connectivity index (χ0v) is 14.3. The molecule has 5 nitrogen and oxygen atoms in total. The average molecular weight is 364 g/mol. The first-order valence-corrected chi connectivity index (χ1v) is 8.34. The summed E-state index contributed by atoms with van der Waals surface area (Å²) in [6.07, 6.45) is 1.59. The molecule has 0 radical (unpaired) electrons. The summed E-state index contributed by atoms with van der Waals surface area (Å²) in [7, 11) is 0. The average Bonchev–Trinajstić information content (AvgIpc) is 3.12. The topological polar surface area (TPSA) is 67.0 Å². The van der Waals surface area contributed by atoms with E-state index in [1.165, 1.54) is 0 Å². The lowest BCUT2D eigenvalue weighted by Crippen LogP contribution is -2.12. The number of aromatic nitrogens is 2. The molecule has 26 heavy (non-hydrogen) atoms. The minimum Gasteiger partial charge on any atom is -0.455 e. The Labute approximate surface area is 154 Å². The van der Waals surface area contributed by atoms with Crippen molar-refractivity contribution in [3.05, 3.63) is 83.6 Å². The van der Waals surface area contributed by atoms with Crippen molar-refractivity contribution in [2.45, 2.75) is 0 Å². The molecular weight excluding hydrogens is 350 g/mol. The van der Waals surface area contributed by atoms with E-state index >= 15 is 0 Å². The van der Waals surface area contributed by atoms with Crippen LogP contribution >= 0.6 is 11.6 Å². The van der Waals surface area contributed by atoms with E-state index in [9.17, 15) is 4.79 Å². The van der Waals surface area contributed by atoms with E-state index in [-0.39, 0.29) is 5.91 Å². The lowest BCUT2D eigenvalue weighted by molar-refractivity contribution is 0.102. The van der Waals surface area contributed by atoms with E-state index in [2.05, 4.69) is 15.3 Å². The summed E-state index contributed by atoms with van der Waals surface area (Å²) in [5, 5.41) is 3.37. The fourth-order valence-electron chi connectivity index (χ4n) is 2.58. The van der Waals surface area contributed by atoms with Crippen LogP contribution in [0.4, 0.5) is 5.69 Å². The quantitative estimate of drug-likeness (QED) is 0.519. The third kappa shape index (κ3) is 3.38. The van der Waals surface area contributed by atoms with E-state index in [0.29, 0.717) is 27.8 Å². The first-order chi connectivity index (χ1) is 12.7. The molecule has 0 aliphatic carbocycles. The lowest BCUT2D eigenvalue weighted by atomic mass is 10.2. The molecule has 0 aliphatic heterocycles. The fraction of sp³-hybridized carbons (Fsp3) is 0. The third-order valence-corrected chi connectivity index (χ3v) is 4.08. The predicted octanol–water partition coefficient (Wildman–Crippen LogP) is 5.26. The van der Waals surface area contributed by atoms with Crippen LogP contribution in [0.5, 0.6) is 11.5 Å². The van der Waals surface area contributed by atoms with Gasteiger partial charge in [0.1, 0.15) is 5.75 Å². The summed E-state index contributed by atoms with van der Waals surface area (Å²) < 4.78 is 5.87. The van der Waals surface area contributed by atoms with Gasteiger partial charge in [-0.2, -0.15) is 0 Å². The Bertz CT molecular complexity index is 1080. The molecule has 1 amide bonds. The highest BCUT2D eigenvalue weighted by molar-refractivity contribution is 6.31. The van der Waals surface area contributed by atoms with Gasteiger partial charge in [0.05, 0.1) is 23.0 Å². The first kappa shape index (κ1) is 16.2. The molecule has 0 fully saturated rings. The molecule has 6 heteroatoms. The molecule has 1 heterocycles. The van der Waals surface area contributed by atoms with Crippen LogP contribution in [0.3, 0.4) is 0 Å². The van der Waals surface area contributed by atoms with Crippen LogP contribution < -0.4 is 10.1 Å². The smallest absolute Gasteiger partial charge is 0.255 e. The molecule has 0 unspecified atom stereocenters. The van der Waals surface area contributed by atoms with Crippen molar-refractivity contribution in [1.82, 2.24) is 9.97 Å². The lowest BCUT2D eigenvalue weighted by Gasteiger charge is -2.13. The minimum atomic E-state index is -0.262. The van der Waals surface area contributed by atoms with Gasteiger partial charge < -0.3 is 15.0 Å². The van der Waals surface area contributed by atoms with Gasteiger partial charge in [0.2, 0.25) is 0 Å². The van der Waals surface area contributed by atoms with Crippen LogP contribution in [0.15, 0.2) is 73.1 Å². The zero-order chi connectivity index (χ0) is 17.9. The number of fused-ring (bicyclic) bond motifs is 1. The van der Waals surface area contributed by atoms with Crippen LogP contribution in [0.25, 0.3) is 11.0 Å². The number of carbonyl (C=O) groups excluding carboxylic acids is 1. The molecule has 4 aromatic rings. The van der Waals surface area contributed by atoms with Gasteiger partial charge in [0, 0.05) is 10.6 Å². The van der Waals surface area contributed by atoms with Crippen molar-refractivity contribution in [3.63, 3.8) is 0 Å². The maximum Gasteiger partial charge on any atom is 0.255 e. The highest BCUT2D eigenvalue weighted by Gasteiger charge is 2.12. The number of H-pyrrole nitrogens is 1. The van der Waals surface area contributed by atoms with Gasteiger partial charge in [-0.25, -0.2) is 4.98 Å². The number of nitrogens with zero attached hydrogens (tertiary/aromatic N) is 1. The first-order valence-electron chi connectivity index (χ1n) is 7.96. The summed E-state index contributed by atoms with van der Waals surface area (Å²) in [5.74, 6) is 0.919. The molecule has 0 atom stereocenters. The Morgan fingerprint density at radius 1 is 1.04 bits per heavy atom. The summed E-state index contributed by atoms with van der Waals surface area (Å²) in [6.45, 7) is 0. The Balaban J connectivity index is 1.62. The van der Waals surface area contributed by atoms with Crippen LogP contribution in [0.2, 0.25) is 5.02 Å². The van der Waals surface area contributed by atoms with Crippen molar-refractivity contribution in [2.75, 3.05) is 5.32 Å². The number of anilines is 1. The van der Waals surface area contributed by atoms with Gasteiger partial charge in [0.15, 0.2) is 5.75 Å². The van der Waals surface area contributed by atoms with E-state index in [1.807, 2.05) is 30.3 Å². The highest BCUT2D eigenvalue weighted by atomic mass is 35.5. The number of carbonyl (C=O) groups is 1. The van der Waals surface area contributed by atoms with E-state index < -0.39 is 0 Å². The molecule has 0 saturated carbocycles. The number of imidazole rings is 1. The molecule has 3 aromatic carbocycles. The maximum absolute atomic E-state index is 12.7. The van der Waals surface area contributed by atoms with Gasteiger partial charge in [-0.05, 0) is 48.5 Å². The second kappa shape index (κ2) is 6.90. The monoisotopic (exact) mass is 363 g/mol. The fourth-order valence-corrected chi connectivity index (χ4v) is 2.75. The number of rotatable bonds is 4. The van der Waals surface area contributed by atoms with E-state index in [0.717, 1.165) is 11.0 Å². The minimum absolute atomic E-state index is 0.262. The van der Waals surface area contributed by atoms with E-state index in [1.54, 1.807) is 42.7 Å². The van der Waals surface area contributed by atoms with Gasteiger partial charge in [-0.15, -0.1) is 0 Å². The summed E-state index contributed by atoms with van der Waals surface area (Å²) in [4.78, 5) is 19.8. The van der Waals surface area contributed by atoms with Crippen LogP contribution in [0.1, 0.15) is 10.4 Å². The molecular formula is C20H14ClN3O2. The number of benzene rings is 3. The Morgan fingerprint density at radius 2 is 1.88 bits per heavy atom. The maximum atomic E-state index is 12.7. The third-order valence-electron chi connectivity index (χ3n) is 3.84. The molecule has 1 aromatic heterocycles. The van der Waals surface area contributed by atoms with Crippen LogP contribution in [-0.2, 0) is 0 Å². The van der Waals surface area contributed by atoms with Crippen molar-refractivity contribution >= 4 is 34.2 Å². The number of aromatic amines is 1. The van der Waals surface area contributed by atoms with Gasteiger partial charge in [-0.1, -0.05) is 29.8 Å². The second-order valence-corrected chi connectivity index (χ2v) is 6.08. The molecule has 0 aliphatic rings. The molecule has 0 bridgehead atoms. The number of amides is 1. The van der Waals surface area contributed by atoms with Crippen molar-refractivity contribution in [3.8, 4) is 11.5 Å². The van der Waals surface area contributed by atoms with Crippen LogP contribution in [-0.4, -0.2) is 15.9 Å². The SMILES string of the molecule is O=C(Nc1cc(Cl)ccc1Oc1ccccc1)c1ccc2nc[nH]c2c1. The number of hydrogen-bond acceptors (Lipinski definition) is 3. The van der Waals surface area contributed by atoms with Crippen molar-refractivity contribution < 1.29 is 9.53 Å². The number of hydrogen-bond donors (Lipinski definition) is 2. The molecule has 0 spiro atoms. The van der Waals surface area contributed by atoms with E-state index in [4.69, 9.17) is 16.3 Å². The van der Waals surface area contributed by atoms with Gasteiger partial charge in [0.25, 0.3) is 5.91 Å². The second-order valence-electron chi connectivity index (χ2n) is 5.64. The summed E-state index contributed by atoms with van der Waals surface area (Å²) in [5.41, 5.74) is 2.60. The number of halogens is 1. The molecule has 2 N–H and O–H groups in total. The molecule has 128 valence electrons. The summed E-state index contributed by atoms with van der Waals surface area (Å²) >= 11 is 6.09. The number of ether oxygens (including phenoxy) is 1. The largest absolute Gasteiger partial charge is 0.455 e. The van der Waals surface area contributed by atoms with Gasteiger partial charge in [-0.3, -0.25) is 4.79 Å². The number of nitrogens with one attached hydrogen (secondary N) is 2. The number of para-hydroxylation sites is 1.